The van der Waals surface area contributed by atoms with Crippen LogP contribution >= 0.6 is 35.3 Å². The summed E-state index contributed by atoms with van der Waals surface area (Å²) >= 11 is 1.62. The Balaban J connectivity index is 0.00000364. The number of anilines is 1. The van der Waals surface area contributed by atoms with Crippen LogP contribution in [0.2, 0.25) is 0 Å². The van der Waals surface area contributed by atoms with E-state index in [2.05, 4.69) is 20.6 Å². The second-order valence-corrected chi connectivity index (χ2v) is 6.77. The third kappa shape index (κ3) is 7.79. The smallest absolute Gasteiger partial charge is 0.191 e. The summed E-state index contributed by atoms with van der Waals surface area (Å²) in [7, 11) is 7.36. The number of aliphatic imine (C=N–C) groups is 1. The number of ether oxygens (including phenoxy) is 2. The van der Waals surface area contributed by atoms with Gasteiger partial charge in [-0.2, -0.15) is 0 Å². The lowest BCUT2D eigenvalue weighted by Crippen LogP contribution is -2.41. The van der Waals surface area contributed by atoms with E-state index in [9.17, 15) is 0 Å². The molecule has 2 N–H and O–H groups in total. The van der Waals surface area contributed by atoms with Crippen molar-refractivity contribution in [2.45, 2.75) is 19.6 Å². The van der Waals surface area contributed by atoms with E-state index in [1.54, 1.807) is 25.5 Å². The van der Waals surface area contributed by atoms with E-state index in [0.717, 1.165) is 22.3 Å². The van der Waals surface area contributed by atoms with Gasteiger partial charge in [0, 0.05) is 32.6 Å². The zero-order chi connectivity index (χ0) is 18.9. The summed E-state index contributed by atoms with van der Waals surface area (Å²) in [5.41, 5.74) is 0.988. The zero-order valence-corrected chi connectivity index (χ0v) is 19.5. The van der Waals surface area contributed by atoms with Crippen molar-refractivity contribution in [1.29, 1.82) is 0 Å². The SMILES string of the molecule is CN=C(NCc1csc(N(C)C)n1)NCC(C)Oc1cccc(OC)c1.I. The molecule has 1 aromatic carbocycles. The molecule has 0 spiro atoms. The number of hydrogen-bond acceptors (Lipinski definition) is 6. The van der Waals surface area contributed by atoms with Crippen LogP contribution in [-0.2, 0) is 6.54 Å². The molecule has 0 radical (unpaired) electrons. The first-order chi connectivity index (χ1) is 12.5. The summed E-state index contributed by atoms with van der Waals surface area (Å²) in [6, 6.07) is 7.58. The fourth-order valence-electron chi connectivity index (χ4n) is 2.17. The van der Waals surface area contributed by atoms with Gasteiger partial charge in [0.05, 0.1) is 25.9 Å². The topological polar surface area (TPSA) is 71.0 Å². The Morgan fingerprint density at radius 3 is 2.67 bits per heavy atom. The summed E-state index contributed by atoms with van der Waals surface area (Å²) in [5.74, 6) is 2.27. The fraction of sp³-hybridized carbons (Fsp3) is 0.444. The number of rotatable bonds is 8. The lowest BCUT2D eigenvalue weighted by Gasteiger charge is -2.18. The maximum Gasteiger partial charge on any atom is 0.191 e. The van der Waals surface area contributed by atoms with Crippen molar-refractivity contribution in [3.63, 3.8) is 0 Å². The van der Waals surface area contributed by atoms with E-state index in [0.29, 0.717) is 19.0 Å². The molecule has 0 aliphatic carbocycles. The number of halogens is 1. The van der Waals surface area contributed by atoms with Gasteiger partial charge < -0.3 is 25.0 Å². The minimum Gasteiger partial charge on any atom is -0.497 e. The molecule has 1 atom stereocenters. The first-order valence-electron chi connectivity index (χ1n) is 8.38. The molecule has 2 rings (SSSR count). The zero-order valence-electron chi connectivity index (χ0n) is 16.4. The van der Waals surface area contributed by atoms with Gasteiger partial charge in [0.25, 0.3) is 0 Å². The van der Waals surface area contributed by atoms with Crippen molar-refractivity contribution in [3.05, 3.63) is 35.3 Å². The van der Waals surface area contributed by atoms with Gasteiger partial charge in [-0.25, -0.2) is 4.98 Å². The highest BCUT2D eigenvalue weighted by Gasteiger charge is 2.08. The van der Waals surface area contributed by atoms with Gasteiger partial charge in [0.1, 0.15) is 17.6 Å². The third-order valence-corrected chi connectivity index (χ3v) is 4.58. The molecule has 1 aromatic heterocycles. The van der Waals surface area contributed by atoms with Gasteiger partial charge in [-0.1, -0.05) is 6.07 Å². The molecule has 0 saturated carbocycles. The standard InChI is InChI=1S/C18H27N5O2S.HI/c1-13(25-16-8-6-7-15(9-16)24-5)10-20-17(19-2)21-11-14-12-26-18(22-14)23(3)4;/h6-9,12-13H,10-11H2,1-5H3,(H2,19,20,21);1H. The monoisotopic (exact) mass is 505 g/mol. The van der Waals surface area contributed by atoms with Crippen LogP contribution in [0.1, 0.15) is 12.6 Å². The second kappa shape index (κ2) is 11.9. The molecule has 0 aliphatic heterocycles. The predicted octanol–water partition coefficient (Wildman–Crippen LogP) is 2.97. The highest BCUT2D eigenvalue weighted by atomic mass is 127. The Morgan fingerprint density at radius 2 is 2.04 bits per heavy atom. The van der Waals surface area contributed by atoms with Crippen LogP contribution in [0.25, 0.3) is 0 Å². The lowest BCUT2D eigenvalue weighted by atomic mass is 10.3. The van der Waals surface area contributed by atoms with Crippen molar-refractivity contribution >= 4 is 46.4 Å². The summed E-state index contributed by atoms with van der Waals surface area (Å²) in [4.78, 5) is 10.8. The Morgan fingerprint density at radius 1 is 1.30 bits per heavy atom. The molecule has 0 saturated heterocycles. The second-order valence-electron chi connectivity index (χ2n) is 5.93. The molecule has 0 fully saturated rings. The van der Waals surface area contributed by atoms with Crippen molar-refractivity contribution in [2.24, 2.45) is 4.99 Å². The van der Waals surface area contributed by atoms with Crippen LogP contribution in [0.3, 0.4) is 0 Å². The van der Waals surface area contributed by atoms with Crippen LogP contribution < -0.4 is 25.0 Å². The number of benzene rings is 1. The van der Waals surface area contributed by atoms with Crippen LogP contribution in [-0.4, -0.2) is 51.8 Å². The van der Waals surface area contributed by atoms with E-state index < -0.39 is 0 Å². The molecule has 27 heavy (non-hydrogen) atoms. The molecule has 9 heteroatoms. The molecule has 1 unspecified atom stereocenters. The van der Waals surface area contributed by atoms with Crippen LogP contribution in [0.4, 0.5) is 5.13 Å². The molecule has 0 aliphatic rings. The molecule has 150 valence electrons. The summed E-state index contributed by atoms with van der Waals surface area (Å²) in [6.45, 7) is 3.25. The largest absolute Gasteiger partial charge is 0.497 e. The number of guanidine groups is 1. The quantitative estimate of drug-likeness (QED) is 0.327. The molecule has 2 aromatic rings. The number of thiazole rings is 1. The van der Waals surface area contributed by atoms with Crippen molar-refractivity contribution in [2.75, 3.05) is 39.7 Å². The predicted molar refractivity (Wildman–Crippen MR) is 123 cm³/mol. The van der Waals surface area contributed by atoms with Gasteiger partial charge in [-0.3, -0.25) is 4.99 Å². The average Bonchev–Trinajstić information content (AvgIpc) is 3.11. The van der Waals surface area contributed by atoms with E-state index in [4.69, 9.17) is 9.47 Å². The third-order valence-electron chi connectivity index (χ3n) is 3.52. The lowest BCUT2D eigenvalue weighted by molar-refractivity contribution is 0.223. The molecule has 0 bridgehead atoms. The minimum absolute atomic E-state index is 0. The molecular formula is C18H28IN5O2S. The van der Waals surface area contributed by atoms with Crippen molar-refractivity contribution in [3.8, 4) is 11.5 Å². The van der Waals surface area contributed by atoms with Gasteiger partial charge in [0.2, 0.25) is 0 Å². The maximum absolute atomic E-state index is 5.90. The highest BCUT2D eigenvalue weighted by Crippen LogP contribution is 2.20. The molecule has 7 nitrogen and oxygen atoms in total. The number of nitrogens with one attached hydrogen (secondary N) is 2. The number of nitrogens with zero attached hydrogens (tertiary/aromatic N) is 3. The van der Waals surface area contributed by atoms with Crippen LogP contribution in [0, 0.1) is 0 Å². The van der Waals surface area contributed by atoms with E-state index in [1.165, 1.54) is 0 Å². The van der Waals surface area contributed by atoms with Crippen molar-refractivity contribution in [1.82, 2.24) is 15.6 Å². The molecule has 0 amide bonds. The van der Waals surface area contributed by atoms with Crippen molar-refractivity contribution < 1.29 is 9.47 Å². The first-order valence-corrected chi connectivity index (χ1v) is 9.26. The van der Waals surface area contributed by atoms with E-state index >= 15 is 0 Å². The number of methoxy groups -OCH3 is 1. The Bertz CT molecular complexity index is 723. The number of hydrogen-bond donors (Lipinski definition) is 2. The van der Waals surface area contributed by atoms with Crippen LogP contribution in [0.15, 0.2) is 34.6 Å². The summed E-state index contributed by atoms with van der Waals surface area (Å²) in [6.07, 6.45) is -0.0275. The average molecular weight is 505 g/mol. The Kier molecular flexibility index (Phi) is 10.2. The summed E-state index contributed by atoms with van der Waals surface area (Å²) < 4.78 is 11.1. The Hall–Kier alpha value is -1.75. The Labute approximate surface area is 182 Å². The van der Waals surface area contributed by atoms with Gasteiger partial charge in [-0.05, 0) is 19.1 Å². The van der Waals surface area contributed by atoms with Gasteiger partial charge >= 0.3 is 0 Å². The maximum atomic E-state index is 5.90. The fourth-order valence-corrected chi connectivity index (χ4v) is 2.92. The van der Waals surface area contributed by atoms with Gasteiger partial charge in [-0.15, -0.1) is 35.3 Å². The van der Waals surface area contributed by atoms with E-state index in [-0.39, 0.29) is 30.1 Å². The number of aromatic nitrogens is 1. The summed E-state index contributed by atoms with van der Waals surface area (Å²) in [5, 5.41) is 9.57. The highest BCUT2D eigenvalue weighted by molar-refractivity contribution is 14.0. The van der Waals surface area contributed by atoms with Gasteiger partial charge in [0.15, 0.2) is 11.1 Å². The van der Waals surface area contributed by atoms with Crippen LogP contribution in [0.5, 0.6) is 11.5 Å². The minimum atomic E-state index is -0.0275. The first kappa shape index (κ1) is 23.3. The molecule has 1 heterocycles. The van der Waals surface area contributed by atoms with E-state index in [1.807, 2.05) is 55.6 Å². The normalized spacial score (nSPS) is 12.0. The molecular weight excluding hydrogens is 477 g/mol.